The van der Waals surface area contributed by atoms with E-state index in [0.717, 1.165) is 10.0 Å². The average Bonchev–Trinajstić information content (AvgIpc) is 2.85. The van der Waals surface area contributed by atoms with Gasteiger partial charge in [0.2, 0.25) is 0 Å². The monoisotopic (exact) mass is 522 g/mol. The lowest BCUT2D eigenvalue weighted by Crippen LogP contribution is -2.32. The van der Waals surface area contributed by atoms with Crippen molar-refractivity contribution in [2.45, 2.75) is 13.3 Å². The van der Waals surface area contributed by atoms with Gasteiger partial charge in [0, 0.05) is 21.4 Å². The largest absolute Gasteiger partial charge is 0.483 e. The molecule has 0 aliphatic rings. The van der Waals surface area contributed by atoms with Crippen molar-refractivity contribution < 1.29 is 19.1 Å². The number of amides is 3. The van der Waals surface area contributed by atoms with Gasteiger partial charge in [-0.1, -0.05) is 53.2 Å². The summed E-state index contributed by atoms with van der Waals surface area (Å²) in [6.07, 6.45) is 2.06. The minimum atomic E-state index is -0.908. The van der Waals surface area contributed by atoms with Gasteiger partial charge in [-0.2, -0.15) is 5.10 Å². The van der Waals surface area contributed by atoms with Crippen LogP contribution in [0.4, 0.5) is 11.4 Å². The molecule has 0 unspecified atom stereocenters. The smallest absolute Gasteiger partial charge is 0.329 e. The minimum Gasteiger partial charge on any atom is -0.483 e. The summed E-state index contributed by atoms with van der Waals surface area (Å²) in [5.41, 5.74) is 4.87. The van der Waals surface area contributed by atoms with Gasteiger partial charge in [0.15, 0.2) is 6.61 Å². The number of ether oxygens (including phenoxy) is 1. The van der Waals surface area contributed by atoms with Gasteiger partial charge in [0.25, 0.3) is 5.91 Å². The van der Waals surface area contributed by atoms with Crippen LogP contribution >= 0.6 is 15.9 Å². The number of hydrazone groups is 1. The van der Waals surface area contributed by atoms with Crippen LogP contribution in [0, 0.1) is 0 Å². The average molecular weight is 523 g/mol. The van der Waals surface area contributed by atoms with Crippen molar-refractivity contribution in [3.63, 3.8) is 0 Å². The number of anilines is 2. The van der Waals surface area contributed by atoms with Crippen molar-refractivity contribution in [3.05, 3.63) is 88.4 Å². The summed E-state index contributed by atoms with van der Waals surface area (Å²) in [6, 6.07) is 21.3. The van der Waals surface area contributed by atoms with Gasteiger partial charge in [-0.15, -0.1) is 0 Å². The summed E-state index contributed by atoms with van der Waals surface area (Å²) in [5, 5.41) is 9.16. The maximum Gasteiger partial charge on any atom is 0.329 e. The van der Waals surface area contributed by atoms with Crippen molar-refractivity contribution in [1.29, 1.82) is 0 Å². The molecule has 0 saturated carbocycles. The first-order chi connectivity index (χ1) is 16.5. The Labute approximate surface area is 205 Å². The number of halogens is 1. The summed E-state index contributed by atoms with van der Waals surface area (Å²) in [7, 11) is 0. The van der Waals surface area contributed by atoms with E-state index in [9.17, 15) is 14.4 Å². The Morgan fingerprint density at radius 2 is 1.62 bits per heavy atom. The zero-order chi connectivity index (χ0) is 24.3. The molecule has 0 aliphatic carbocycles. The van der Waals surface area contributed by atoms with E-state index in [1.165, 1.54) is 6.21 Å². The summed E-state index contributed by atoms with van der Waals surface area (Å²) >= 11 is 3.34. The Morgan fingerprint density at radius 3 is 2.38 bits per heavy atom. The number of benzene rings is 3. The first-order valence-corrected chi connectivity index (χ1v) is 11.2. The van der Waals surface area contributed by atoms with E-state index in [2.05, 4.69) is 37.1 Å². The molecule has 0 radical (unpaired) electrons. The molecular formula is C25H23BrN4O4. The van der Waals surface area contributed by atoms with Crippen molar-refractivity contribution in [1.82, 2.24) is 5.43 Å². The van der Waals surface area contributed by atoms with Crippen LogP contribution in [0.25, 0.3) is 0 Å². The molecule has 0 aromatic heterocycles. The molecule has 174 valence electrons. The molecule has 3 aromatic rings. The lowest BCUT2D eigenvalue weighted by atomic mass is 10.1. The molecule has 0 aliphatic heterocycles. The number of para-hydroxylation sites is 2. The van der Waals surface area contributed by atoms with Gasteiger partial charge in [0.1, 0.15) is 5.75 Å². The van der Waals surface area contributed by atoms with Crippen molar-refractivity contribution in [3.8, 4) is 5.75 Å². The second-order valence-electron chi connectivity index (χ2n) is 7.05. The van der Waals surface area contributed by atoms with Crippen LogP contribution in [0.3, 0.4) is 0 Å². The highest BCUT2D eigenvalue weighted by molar-refractivity contribution is 9.10. The van der Waals surface area contributed by atoms with Crippen LogP contribution in [0.1, 0.15) is 18.1 Å². The normalized spacial score (nSPS) is 10.5. The van der Waals surface area contributed by atoms with Gasteiger partial charge < -0.3 is 15.4 Å². The number of carbonyl (C=O) groups is 3. The standard InChI is InChI=1S/C25H23BrN4O4/c1-2-17-7-3-5-9-21(17)29-24(32)25(33)30-27-15-18-8-4-6-10-22(18)34-16-23(31)28-20-13-11-19(26)12-14-20/h3-15H,2,16H2,1H3,(H,28,31)(H,29,32)(H,30,33)/b27-15-. The van der Waals surface area contributed by atoms with Gasteiger partial charge in [-0.25, -0.2) is 5.43 Å². The quantitative estimate of drug-likeness (QED) is 0.235. The van der Waals surface area contributed by atoms with Crippen LogP contribution in [-0.4, -0.2) is 30.5 Å². The van der Waals surface area contributed by atoms with E-state index in [1.807, 2.05) is 31.2 Å². The molecule has 0 bridgehead atoms. The molecule has 34 heavy (non-hydrogen) atoms. The first kappa shape index (κ1) is 24.7. The zero-order valence-corrected chi connectivity index (χ0v) is 20.0. The topological polar surface area (TPSA) is 109 Å². The summed E-state index contributed by atoms with van der Waals surface area (Å²) in [4.78, 5) is 36.4. The Kier molecular flexibility index (Phi) is 8.93. The fraction of sp³-hybridized carbons (Fsp3) is 0.120. The maximum atomic E-state index is 12.2. The number of aryl methyl sites for hydroxylation is 1. The van der Waals surface area contributed by atoms with Crippen LogP contribution in [-0.2, 0) is 20.8 Å². The van der Waals surface area contributed by atoms with Gasteiger partial charge in [-0.3, -0.25) is 14.4 Å². The predicted molar refractivity (Wildman–Crippen MR) is 135 cm³/mol. The molecule has 0 fully saturated rings. The van der Waals surface area contributed by atoms with E-state index in [0.29, 0.717) is 29.1 Å². The van der Waals surface area contributed by atoms with E-state index >= 15 is 0 Å². The number of carbonyl (C=O) groups excluding carboxylic acids is 3. The second-order valence-corrected chi connectivity index (χ2v) is 7.96. The van der Waals surface area contributed by atoms with Crippen molar-refractivity contribution >= 4 is 51.2 Å². The van der Waals surface area contributed by atoms with Crippen molar-refractivity contribution in [2.75, 3.05) is 17.2 Å². The highest BCUT2D eigenvalue weighted by Crippen LogP contribution is 2.17. The molecule has 3 amide bonds. The molecule has 0 atom stereocenters. The number of rotatable bonds is 8. The Bertz CT molecular complexity index is 1200. The van der Waals surface area contributed by atoms with Crippen LogP contribution < -0.4 is 20.8 Å². The molecule has 3 rings (SSSR count). The van der Waals surface area contributed by atoms with E-state index in [-0.39, 0.29) is 12.5 Å². The third-order valence-corrected chi connectivity index (χ3v) is 5.16. The molecule has 0 spiro atoms. The zero-order valence-electron chi connectivity index (χ0n) is 18.4. The molecule has 0 heterocycles. The van der Waals surface area contributed by atoms with Gasteiger partial charge >= 0.3 is 11.8 Å². The third kappa shape index (κ3) is 7.28. The Balaban J connectivity index is 1.54. The highest BCUT2D eigenvalue weighted by atomic mass is 79.9. The molecular weight excluding hydrogens is 500 g/mol. The van der Waals surface area contributed by atoms with Gasteiger partial charge in [0.05, 0.1) is 6.21 Å². The van der Waals surface area contributed by atoms with E-state index in [4.69, 9.17) is 4.74 Å². The SMILES string of the molecule is CCc1ccccc1NC(=O)C(=O)N/N=C\c1ccccc1OCC(=O)Nc1ccc(Br)cc1. The number of hydrogen-bond acceptors (Lipinski definition) is 5. The maximum absolute atomic E-state index is 12.2. The van der Waals surface area contributed by atoms with Crippen molar-refractivity contribution in [2.24, 2.45) is 5.10 Å². The summed E-state index contributed by atoms with van der Waals surface area (Å²) < 4.78 is 6.51. The first-order valence-electron chi connectivity index (χ1n) is 10.5. The number of nitrogens with one attached hydrogen (secondary N) is 3. The number of hydrogen-bond donors (Lipinski definition) is 3. The molecule has 3 aromatic carbocycles. The third-order valence-electron chi connectivity index (χ3n) is 4.63. The van der Waals surface area contributed by atoms with Gasteiger partial charge in [-0.05, 0) is 54.4 Å². The molecule has 3 N–H and O–H groups in total. The highest BCUT2D eigenvalue weighted by Gasteiger charge is 2.14. The van der Waals surface area contributed by atoms with E-state index < -0.39 is 11.8 Å². The Hall–Kier alpha value is -3.98. The summed E-state index contributed by atoms with van der Waals surface area (Å²) in [5.74, 6) is -1.67. The van der Waals surface area contributed by atoms with E-state index in [1.54, 1.807) is 48.5 Å². The van der Waals surface area contributed by atoms with Crippen LogP contribution in [0.5, 0.6) is 5.75 Å². The lowest BCUT2D eigenvalue weighted by molar-refractivity contribution is -0.136. The van der Waals surface area contributed by atoms with Crippen LogP contribution in [0.2, 0.25) is 0 Å². The second kappa shape index (κ2) is 12.3. The fourth-order valence-electron chi connectivity index (χ4n) is 2.93. The van der Waals surface area contributed by atoms with Crippen LogP contribution in [0.15, 0.2) is 82.4 Å². The number of nitrogens with zero attached hydrogens (tertiary/aromatic N) is 1. The Morgan fingerprint density at radius 1 is 0.912 bits per heavy atom. The predicted octanol–water partition coefficient (Wildman–Crippen LogP) is 4.12. The minimum absolute atomic E-state index is 0.216. The fourth-order valence-corrected chi connectivity index (χ4v) is 3.20. The lowest BCUT2D eigenvalue weighted by Gasteiger charge is -2.10. The molecule has 9 heteroatoms. The molecule has 8 nitrogen and oxygen atoms in total. The molecule has 0 saturated heterocycles. The summed E-state index contributed by atoms with van der Waals surface area (Å²) in [6.45, 7) is 1.74.